The summed E-state index contributed by atoms with van der Waals surface area (Å²) in [6, 6.07) is 6.40. The normalized spacial score (nSPS) is 26.1. The van der Waals surface area contributed by atoms with Gasteiger partial charge in [0.15, 0.2) is 0 Å². The molecule has 1 aromatic carbocycles. The standard InChI is InChI=1S/C24H30F3N7O4S/c1-14-17(21-30-31-23(38-21)33-13-7-6-10-16(33)11-12-28-39(2,36)37)22(35)34-20(29-14)18(15-8-4-3-5-9-15)19(32-34)24(25,26)27/h3-5,8-9,16,18-20,28-29,32H,6-7,10-13H2,1-2H3. The van der Waals surface area contributed by atoms with Crippen LogP contribution in [0.2, 0.25) is 0 Å². The average Bonchev–Trinajstić information content (AvgIpc) is 3.50. The maximum Gasteiger partial charge on any atom is 0.406 e. The second kappa shape index (κ2) is 10.4. The van der Waals surface area contributed by atoms with Gasteiger partial charge in [0.25, 0.3) is 11.8 Å². The lowest BCUT2D eigenvalue weighted by Gasteiger charge is -2.35. The Labute approximate surface area is 223 Å². The first-order chi connectivity index (χ1) is 18.4. The number of carbonyl (C=O) groups excluding carboxylic acids is 1. The zero-order valence-corrected chi connectivity index (χ0v) is 22.2. The number of hydrazine groups is 1. The van der Waals surface area contributed by atoms with E-state index in [4.69, 9.17) is 4.42 Å². The van der Waals surface area contributed by atoms with Crippen molar-refractivity contribution in [2.45, 2.75) is 63.0 Å². The maximum absolute atomic E-state index is 14.1. The Hall–Kier alpha value is -3.17. The Balaban J connectivity index is 1.40. The fourth-order valence-corrected chi connectivity index (χ4v) is 6.03. The van der Waals surface area contributed by atoms with E-state index in [1.807, 2.05) is 4.90 Å². The minimum absolute atomic E-state index is 0.0144. The Morgan fingerprint density at radius 1 is 1.18 bits per heavy atom. The molecule has 4 heterocycles. The molecule has 1 amide bonds. The molecule has 0 spiro atoms. The van der Waals surface area contributed by atoms with Crippen molar-refractivity contribution in [3.8, 4) is 0 Å². The number of fused-ring (bicyclic) bond motifs is 1. The zero-order valence-electron chi connectivity index (χ0n) is 21.4. The van der Waals surface area contributed by atoms with Crippen molar-refractivity contribution in [3.63, 3.8) is 0 Å². The number of carbonyl (C=O) groups is 1. The highest BCUT2D eigenvalue weighted by atomic mass is 32.2. The third-order valence-electron chi connectivity index (χ3n) is 7.31. The largest absolute Gasteiger partial charge is 0.406 e. The molecule has 4 unspecified atom stereocenters. The first-order valence-electron chi connectivity index (χ1n) is 12.7. The number of nitrogens with one attached hydrogen (secondary N) is 3. The highest BCUT2D eigenvalue weighted by Crippen LogP contribution is 2.42. The summed E-state index contributed by atoms with van der Waals surface area (Å²) in [6.07, 6.45) is -1.35. The Morgan fingerprint density at radius 3 is 2.62 bits per heavy atom. The zero-order chi connectivity index (χ0) is 27.9. The van der Waals surface area contributed by atoms with E-state index in [2.05, 4.69) is 25.7 Å². The van der Waals surface area contributed by atoms with Crippen LogP contribution in [0, 0.1) is 0 Å². The first-order valence-corrected chi connectivity index (χ1v) is 14.6. The molecule has 3 aliphatic rings. The Kier molecular flexibility index (Phi) is 7.33. The number of halogens is 3. The lowest BCUT2D eigenvalue weighted by Crippen LogP contribution is -2.54. The van der Waals surface area contributed by atoms with Crippen molar-refractivity contribution < 1.29 is 30.8 Å². The van der Waals surface area contributed by atoms with Crippen LogP contribution < -0.4 is 20.4 Å². The molecular formula is C24H30F3N7O4S. The number of allylic oxidation sites excluding steroid dienone is 1. The van der Waals surface area contributed by atoms with Crippen molar-refractivity contribution in [1.29, 1.82) is 0 Å². The number of sulfonamides is 1. The number of amides is 1. The van der Waals surface area contributed by atoms with Crippen LogP contribution in [0.25, 0.3) is 5.57 Å². The van der Waals surface area contributed by atoms with E-state index in [9.17, 15) is 26.4 Å². The number of piperidine rings is 1. The SMILES string of the molecule is CC1=C(c2nnc(N3CCCCC3CCNS(C)(=O)=O)o2)C(=O)N2NC(C(F)(F)F)C(c3ccccc3)C2N1. The molecular weight excluding hydrogens is 539 g/mol. The second-order valence-corrected chi connectivity index (χ2v) is 11.9. The molecule has 2 aromatic rings. The van der Waals surface area contributed by atoms with Gasteiger partial charge in [-0.15, -0.1) is 5.10 Å². The molecule has 3 N–H and O–H groups in total. The van der Waals surface area contributed by atoms with Gasteiger partial charge in [0, 0.05) is 24.8 Å². The molecule has 5 rings (SSSR count). The van der Waals surface area contributed by atoms with Gasteiger partial charge < -0.3 is 14.6 Å². The monoisotopic (exact) mass is 569 g/mol. The summed E-state index contributed by atoms with van der Waals surface area (Å²) in [5, 5.41) is 12.2. The average molecular weight is 570 g/mol. The number of hydrogen-bond donors (Lipinski definition) is 3. The highest BCUT2D eigenvalue weighted by Gasteiger charge is 2.58. The number of alkyl halides is 3. The van der Waals surface area contributed by atoms with Crippen LogP contribution in [0.5, 0.6) is 0 Å². The van der Waals surface area contributed by atoms with Crippen molar-refractivity contribution in [3.05, 3.63) is 47.5 Å². The van der Waals surface area contributed by atoms with Gasteiger partial charge in [-0.2, -0.15) is 13.2 Å². The number of aromatic nitrogens is 2. The van der Waals surface area contributed by atoms with Gasteiger partial charge in [-0.3, -0.25) is 4.79 Å². The predicted octanol–water partition coefficient (Wildman–Crippen LogP) is 2.09. The number of benzene rings is 1. The van der Waals surface area contributed by atoms with Crippen molar-refractivity contribution >= 4 is 27.5 Å². The van der Waals surface area contributed by atoms with E-state index in [-0.39, 0.29) is 30.1 Å². The number of anilines is 1. The van der Waals surface area contributed by atoms with Gasteiger partial charge in [0.2, 0.25) is 10.0 Å². The van der Waals surface area contributed by atoms with Gasteiger partial charge >= 0.3 is 12.2 Å². The summed E-state index contributed by atoms with van der Waals surface area (Å²) >= 11 is 0. The van der Waals surface area contributed by atoms with E-state index in [0.29, 0.717) is 24.2 Å². The van der Waals surface area contributed by atoms with Crippen LogP contribution >= 0.6 is 0 Å². The topological polar surface area (TPSA) is 133 Å². The quantitative estimate of drug-likeness (QED) is 0.459. The molecule has 39 heavy (non-hydrogen) atoms. The molecule has 0 bridgehead atoms. The molecule has 4 atom stereocenters. The van der Waals surface area contributed by atoms with Crippen LogP contribution in [0.4, 0.5) is 19.2 Å². The molecule has 0 aliphatic carbocycles. The smallest absolute Gasteiger partial charge is 0.403 e. The summed E-state index contributed by atoms with van der Waals surface area (Å²) in [7, 11) is -3.32. The van der Waals surface area contributed by atoms with Gasteiger partial charge in [-0.1, -0.05) is 35.4 Å². The van der Waals surface area contributed by atoms with Gasteiger partial charge in [0.1, 0.15) is 17.8 Å². The van der Waals surface area contributed by atoms with E-state index in [1.165, 1.54) is 0 Å². The van der Waals surface area contributed by atoms with E-state index in [1.54, 1.807) is 37.3 Å². The fraction of sp³-hybridized carbons (Fsp3) is 0.542. The minimum Gasteiger partial charge on any atom is -0.403 e. The van der Waals surface area contributed by atoms with Gasteiger partial charge in [-0.25, -0.2) is 23.6 Å². The number of nitrogens with zero attached hydrogens (tertiary/aromatic N) is 4. The summed E-state index contributed by atoms with van der Waals surface area (Å²) in [5.41, 5.74) is 3.13. The van der Waals surface area contributed by atoms with Crippen LogP contribution in [-0.2, 0) is 14.8 Å². The Bertz CT molecular complexity index is 1350. The fourth-order valence-electron chi connectivity index (χ4n) is 5.54. The second-order valence-electron chi connectivity index (χ2n) is 10.0. The van der Waals surface area contributed by atoms with E-state index < -0.39 is 40.2 Å². The lowest BCUT2D eigenvalue weighted by atomic mass is 9.89. The molecule has 0 radical (unpaired) electrons. The molecule has 11 nitrogen and oxygen atoms in total. The molecule has 2 saturated heterocycles. The van der Waals surface area contributed by atoms with E-state index >= 15 is 0 Å². The van der Waals surface area contributed by atoms with Crippen LogP contribution in [0.1, 0.15) is 50.0 Å². The molecule has 212 valence electrons. The molecule has 1 aromatic heterocycles. The van der Waals surface area contributed by atoms with Crippen LogP contribution in [0.15, 0.2) is 40.4 Å². The molecule has 0 saturated carbocycles. The summed E-state index contributed by atoms with van der Waals surface area (Å²) in [6.45, 7) is 2.45. The number of rotatable bonds is 7. The molecule has 15 heteroatoms. The maximum atomic E-state index is 14.1. The van der Waals surface area contributed by atoms with Crippen molar-refractivity contribution in [2.75, 3.05) is 24.2 Å². The lowest BCUT2D eigenvalue weighted by molar-refractivity contribution is -0.161. The van der Waals surface area contributed by atoms with Gasteiger partial charge in [0.05, 0.1) is 12.2 Å². The number of hydrogen-bond acceptors (Lipinski definition) is 9. The summed E-state index contributed by atoms with van der Waals surface area (Å²) in [5.74, 6) is -1.89. The van der Waals surface area contributed by atoms with Crippen molar-refractivity contribution in [1.82, 2.24) is 30.7 Å². The summed E-state index contributed by atoms with van der Waals surface area (Å²) < 4.78 is 73.4. The van der Waals surface area contributed by atoms with Crippen molar-refractivity contribution in [2.24, 2.45) is 0 Å². The van der Waals surface area contributed by atoms with Crippen LogP contribution in [0.3, 0.4) is 0 Å². The van der Waals surface area contributed by atoms with Crippen LogP contribution in [-0.4, -0.2) is 73.3 Å². The first kappa shape index (κ1) is 27.4. The Morgan fingerprint density at radius 2 is 1.92 bits per heavy atom. The minimum atomic E-state index is -4.61. The molecule has 2 fully saturated rings. The third kappa shape index (κ3) is 5.61. The summed E-state index contributed by atoms with van der Waals surface area (Å²) in [4.78, 5) is 15.4. The van der Waals surface area contributed by atoms with E-state index in [0.717, 1.165) is 30.5 Å². The predicted molar refractivity (Wildman–Crippen MR) is 135 cm³/mol. The molecule has 3 aliphatic heterocycles. The highest BCUT2D eigenvalue weighted by molar-refractivity contribution is 7.88. The van der Waals surface area contributed by atoms with Gasteiger partial charge in [-0.05, 0) is 38.2 Å². The third-order valence-corrected chi connectivity index (χ3v) is 8.04.